The lowest BCUT2D eigenvalue weighted by molar-refractivity contribution is -0.145. The molecule has 0 aromatic heterocycles. The van der Waals surface area contributed by atoms with Crippen molar-refractivity contribution >= 4 is 29.2 Å². The van der Waals surface area contributed by atoms with Gasteiger partial charge in [-0.1, -0.05) is 30.2 Å². The number of rotatable bonds is 6. The Hall–Kier alpha value is -2.73. The Bertz CT molecular complexity index is 1110. The van der Waals surface area contributed by atoms with Gasteiger partial charge in [0.1, 0.15) is 5.75 Å². The van der Waals surface area contributed by atoms with Crippen molar-refractivity contribution in [3.63, 3.8) is 0 Å². The molecule has 0 unspecified atom stereocenters. The van der Waals surface area contributed by atoms with E-state index in [-0.39, 0.29) is 5.41 Å². The summed E-state index contributed by atoms with van der Waals surface area (Å²) in [6, 6.07) is 11.6. The molecular formula is C27H30ClNO5. The largest absolute Gasteiger partial charge is 0.490 e. The molecule has 34 heavy (non-hydrogen) atoms. The van der Waals surface area contributed by atoms with Gasteiger partial charge in [0.15, 0.2) is 0 Å². The number of carbonyl (C=O) groups is 2. The monoisotopic (exact) mass is 483 g/mol. The van der Waals surface area contributed by atoms with Crippen LogP contribution in [0.15, 0.2) is 36.4 Å². The standard InChI is InChI=1S/C27H30ClNO5/c28-20-7-8-22-19(11-20)5-2-10-27(22)15-29(14-17-3-1-4-17)23-12-18(6-9-24(23)34-16-27)21(26(32)33)13-25(30)31/h6-9,11-12,17,21H,1-5,10,13-16H2,(H,30,31)(H,32,33)/t21-,27+/m1/s1. The van der Waals surface area contributed by atoms with Gasteiger partial charge in [0.25, 0.3) is 0 Å². The topological polar surface area (TPSA) is 87.1 Å². The number of ether oxygens (including phenoxy) is 1. The lowest BCUT2D eigenvalue weighted by atomic mass is 9.70. The third-order valence-electron chi connectivity index (χ3n) is 7.84. The van der Waals surface area contributed by atoms with Crippen LogP contribution in [-0.4, -0.2) is 41.8 Å². The first kappa shape index (κ1) is 23.0. The fourth-order valence-electron chi connectivity index (χ4n) is 5.86. The molecule has 1 fully saturated rings. The summed E-state index contributed by atoms with van der Waals surface area (Å²) in [5.41, 5.74) is 3.78. The normalized spacial score (nSPS) is 22.7. The zero-order valence-electron chi connectivity index (χ0n) is 19.1. The highest BCUT2D eigenvalue weighted by molar-refractivity contribution is 6.30. The highest BCUT2D eigenvalue weighted by Crippen LogP contribution is 2.46. The summed E-state index contributed by atoms with van der Waals surface area (Å²) in [5, 5.41) is 19.7. The zero-order chi connectivity index (χ0) is 23.9. The Morgan fingerprint density at radius 3 is 2.68 bits per heavy atom. The van der Waals surface area contributed by atoms with Crippen molar-refractivity contribution in [2.45, 2.75) is 56.3 Å². The average Bonchev–Trinajstić information content (AvgIpc) is 2.91. The van der Waals surface area contributed by atoms with Crippen LogP contribution in [0.3, 0.4) is 0 Å². The van der Waals surface area contributed by atoms with Crippen LogP contribution in [0.5, 0.6) is 5.75 Å². The van der Waals surface area contributed by atoms with E-state index in [0.717, 1.165) is 48.8 Å². The Morgan fingerprint density at radius 1 is 1.15 bits per heavy atom. The number of fused-ring (bicyclic) bond motifs is 3. The van der Waals surface area contributed by atoms with Crippen LogP contribution in [0.4, 0.5) is 5.69 Å². The van der Waals surface area contributed by atoms with Gasteiger partial charge in [0, 0.05) is 23.5 Å². The van der Waals surface area contributed by atoms with Crippen molar-refractivity contribution < 1.29 is 24.5 Å². The Labute approximate surface area is 204 Å². The smallest absolute Gasteiger partial charge is 0.311 e. The molecule has 2 atom stereocenters. The van der Waals surface area contributed by atoms with E-state index in [1.165, 1.54) is 30.4 Å². The van der Waals surface area contributed by atoms with Crippen LogP contribution in [-0.2, 0) is 21.4 Å². The quantitative estimate of drug-likeness (QED) is 0.583. The van der Waals surface area contributed by atoms with Crippen molar-refractivity contribution in [2.75, 3.05) is 24.6 Å². The molecule has 2 aromatic carbocycles. The second kappa shape index (κ2) is 9.14. The Balaban J connectivity index is 1.55. The molecule has 2 aliphatic carbocycles. The summed E-state index contributed by atoms with van der Waals surface area (Å²) in [4.78, 5) is 25.6. The third kappa shape index (κ3) is 4.36. The molecule has 1 spiro atoms. The summed E-state index contributed by atoms with van der Waals surface area (Å²) < 4.78 is 6.43. The first-order chi connectivity index (χ1) is 16.3. The van der Waals surface area contributed by atoms with Gasteiger partial charge in [0.05, 0.1) is 24.6 Å². The molecular weight excluding hydrogens is 454 g/mol. The fourth-order valence-corrected chi connectivity index (χ4v) is 6.05. The van der Waals surface area contributed by atoms with E-state index in [4.69, 9.17) is 16.3 Å². The molecule has 3 aliphatic rings. The van der Waals surface area contributed by atoms with Crippen LogP contribution in [0.1, 0.15) is 61.1 Å². The summed E-state index contributed by atoms with van der Waals surface area (Å²) >= 11 is 6.31. The van der Waals surface area contributed by atoms with E-state index in [1.54, 1.807) is 6.07 Å². The SMILES string of the molecule is O=C(O)C[C@@H](C(=O)O)c1ccc2c(c1)N(CC1CCC1)C[C@@]1(CCCc3cc(Cl)ccc31)CO2. The van der Waals surface area contributed by atoms with E-state index in [9.17, 15) is 19.8 Å². The minimum atomic E-state index is -1.13. The number of carboxylic acids is 2. The highest BCUT2D eigenvalue weighted by Gasteiger charge is 2.42. The highest BCUT2D eigenvalue weighted by atomic mass is 35.5. The lowest BCUT2D eigenvalue weighted by Gasteiger charge is -2.42. The van der Waals surface area contributed by atoms with Gasteiger partial charge >= 0.3 is 11.9 Å². The minimum absolute atomic E-state index is 0.172. The summed E-state index contributed by atoms with van der Waals surface area (Å²) in [7, 11) is 0. The van der Waals surface area contributed by atoms with Gasteiger partial charge in [-0.15, -0.1) is 0 Å². The van der Waals surface area contributed by atoms with E-state index < -0.39 is 24.3 Å². The summed E-state index contributed by atoms with van der Waals surface area (Å²) in [6.07, 6.45) is 6.27. The molecule has 180 valence electrons. The van der Waals surface area contributed by atoms with E-state index in [1.807, 2.05) is 18.2 Å². The molecule has 1 saturated carbocycles. The average molecular weight is 484 g/mol. The predicted octanol–water partition coefficient (Wildman–Crippen LogP) is 5.26. The van der Waals surface area contributed by atoms with Crippen LogP contribution in [0.2, 0.25) is 5.02 Å². The van der Waals surface area contributed by atoms with E-state index in [2.05, 4.69) is 17.0 Å². The third-order valence-corrected chi connectivity index (χ3v) is 8.08. The molecule has 6 nitrogen and oxygen atoms in total. The van der Waals surface area contributed by atoms with Crippen molar-refractivity contribution in [1.29, 1.82) is 0 Å². The summed E-state index contributed by atoms with van der Waals surface area (Å²) in [5.74, 6) is -2.00. The van der Waals surface area contributed by atoms with Crippen molar-refractivity contribution in [3.8, 4) is 5.75 Å². The number of aliphatic carboxylic acids is 2. The van der Waals surface area contributed by atoms with Gasteiger partial charge in [-0.25, -0.2) is 0 Å². The van der Waals surface area contributed by atoms with Crippen LogP contribution < -0.4 is 9.64 Å². The van der Waals surface area contributed by atoms with Gasteiger partial charge in [-0.3, -0.25) is 9.59 Å². The van der Waals surface area contributed by atoms with Crippen molar-refractivity contribution in [2.24, 2.45) is 5.92 Å². The zero-order valence-corrected chi connectivity index (χ0v) is 19.9. The molecule has 7 heteroatoms. The van der Waals surface area contributed by atoms with Crippen molar-refractivity contribution in [3.05, 3.63) is 58.1 Å². The number of nitrogens with zero attached hydrogens (tertiary/aromatic N) is 1. The molecule has 0 saturated heterocycles. The fraction of sp³-hybridized carbons (Fsp3) is 0.481. The minimum Gasteiger partial charge on any atom is -0.490 e. The number of hydrogen-bond acceptors (Lipinski definition) is 4. The van der Waals surface area contributed by atoms with Gasteiger partial charge in [-0.2, -0.15) is 0 Å². The second-order valence-electron chi connectivity index (χ2n) is 10.1. The number of hydrogen-bond donors (Lipinski definition) is 2. The van der Waals surface area contributed by atoms with Crippen molar-refractivity contribution in [1.82, 2.24) is 0 Å². The molecule has 1 heterocycles. The Morgan fingerprint density at radius 2 is 1.97 bits per heavy atom. The van der Waals surface area contributed by atoms with E-state index in [0.29, 0.717) is 18.1 Å². The second-order valence-corrected chi connectivity index (χ2v) is 10.6. The molecule has 5 rings (SSSR count). The number of benzene rings is 2. The van der Waals surface area contributed by atoms with Crippen LogP contribution in [0.25, 0.3) is 0 Å². The maximum absolute atomic E-state index is 11.9. The molecule has 1 aliphatic heterocycles. The number of aryl methyl sites for hydroxylation is 1. The van der Waals surface area contributed by atoms with Crippen LogP contribution in [0, 0.1) is 5.92 Å². The molecule has 0 amide bonds. The predicted molar refractivity (Wildman–Crippen MR) is 130 cm³/mol. The number of halogens is 1. The number of anilines is 1. The maximum atomic E-state index is 11.9. The van der Waals surface area contributed by atoms with Gasteiger partial charge in [0.2, 0.25) is 0 Å². The van der Waals surface area contributed by atoms with Gasteiger partial charge in [-0.05, 0) is 79.0 Å². The molecule has 0 radical (unpaired) electrons. The first-order valence-corrected chi connectivity index (χ1v) is 12.5. The maximum Gasteiger partial charge on any atom is 0.311 e. The first-order valence-electron chi connectivity index (χ1n) is 12.1. The van der Waals surface area contributed by atoms with Gasteiger partial charge < -0.3 is 19.8 Å². The summed E-state index contributed by atoms with van der Waals surface area (Å²) in [6.45, 7) is 2.22. The Kier molecular flexibility index (Phi) is 6.19. The number of carboxylic acid groups (broad SMARTS) is 2. The van der Waals surface area contributed by atoms with E-state index >= 15 is 0 Å². The lowest BCUT2D eigenvalue weighted by Crippen LogP contribution is -2.47. The molecule has 2 N–H and O–H groups in total. The molecule has 2 aromatic rings. The van der Waals surface area contributed by atoms with Crippen LogP contribution >= 0.6 is 11.6 Å². The molecule has 0 bridgehead atoms.